The molecule has 136 valence electrons. The van der Waals surface area contributed by atoms with Crippen molar-refractivity contribution in [2.75, 3.05) is 13.1 Å². The second kappa shape index (κ2) is 7.78. The van der Waals surface area contributed by atoms with Gasteiger partial charge in [-0.1, -0.05) is 24.3 Å². The van der Waals surface area contributed by atoms with Crippen molar-refractivity contribution in [1.29, 1.82) is 0 Å². The second-order valence-corrected chi connectivity index (χ2v) is 7.57. The van der Waals surface area contributed by atoms with E-state index in [1.807, 2.05) is 24.3 Å². The maximum absolute atomic E-state index is 13.9. The van der Waals surface area contributed by atoms with Gasteiger partial charge in [0.15, 0.2) is 0 Å². The van der Waals surface area contributed by atoms with E-state index in [-0.39, 0.29) is 30.6 Å². The first-order valence-corrected chi connectivity index (χ1v) is 9.13. The molecule has 0 saturated carbocycles. The highest BCUT2D eigenvalue weighted by Gasteiger charge is 2.25. The first kappa shape index (κ1) is 19.8. The van der Waals surface area contributed by atoms with Crippen molar-refractivity contribution in [2.45, 2.75) is 24.3 Å². The summed E-state index contributed by atoms with van der Waals surface area (Å²) in [6, 6.07) is 9.17. The smallest absolute Gasteiger partial charge is 0.243 e. The number of nitrogens with one attached hydrogen (secondary N) is 2. The lowest BCUT2D eigenvalue weighted by Crippen LogP contribution is -2.39. The van der Waals surface area contributed by atoms with Gasteiger partial charge in [-0.3, -0.25) is 0 Å². The molecular formula is C17H19ClF2N2O2S. The van der Waals surface area contributed by atoms with E-state index in [0.717, 1.165) is 36.2 Å². The van der Waals surface area contributed by atoms with E-state index in [1.54, 1.807) is 0 Å². The van der Waals surface area contributed by atoms with Crippen LogP contribution in [-0.2, 0) is 16.4 Å². The van der Waals surface area contributed by atoms with E-state index in [9.17, 15) is 17.2 Å². The molecule has 0 spiro atoms. The summed E-state index contributed by atoms with van der Waals surface area (Å²) in [6.45, 7) is 2.18. The average molecular weight is 389 g/mol. The third-order valence-electron chi connectivity index (χ3n) is 4.20. The molecule has 2 aromatic rings. The molecule has 2 aromatic carbocycles. The number of benzene rings is 2. The maximum atomic E-state index is 13.9. The molecule has 1 heterocycles. The Balaban J connectivity index is 0.00000225. The molecule has 4 nitrogen and oxygen atoms in total. The van der Waals surface area contributed by atoms with Crippen LogP contribution in [0.15, 0.2) is 41.3 Å². The number of aryl methyl sites for hydroxylation is 1. The second-order valence-electron chi connectivity index (χ2n) is 5.84. The highest BCUT2D eigenvalue weighted by atomic mass is 35.5. The molecule has 0 amide bonds. The first-order chi connectivity index (χ1) is 11.4. The van der Waals surface area contributed by atoms with E-state index in [0.29, 0.717) is 0 Å². The van der Waals surface area contributed by atoms with Crippen LogP contribution in [0, 0.1) is 18.6 Å². The minimum absolute atomic E-state index is 0. The molecule has 3 rings (SSSR count). The lowest BCUT2D eigenvalue weighted by molar-refractivity contribution is 0.488. The zero-order valence-corrected chi connectivity index (χ0v) is 15.2. The summed E-state index contributed by atoms with van der Waals surface area (Å²) in [4.78, 5) is -0.672. The van der Waals surface area contributed by atoms with E-state index in [2.05, 4.69) is 10.0 Å². The molecule has 0 saturated heterocycles. The summed E-state index contributed by atoms with van der Waals surface area (Å²) in [7, 11) is -4.14. The molecule has 1 aliphatic heterocycles. The molecule has 1 unspecified atom stereocenters. The summed E-state index contributed by atoms with van der Waals surface area (Å²) in [5.74, 6) is -1.71. The Morgan fingerprint density at radius 2 is 1.92 bits per heavy atom. The van der Waals surface area contributed by atoms with Crippen LogP contribution in [0.3, 0.4) is 0 Å². The van der Waals surface area contributed by atoms with Crippen LogP contribution in [0.2, 0.25) is 0 Å². The minimum Gasteiger partial charge on any atom is -0.308 e. The van der Waals surface area contributed by atoms with Gasteiger partial charge in [-0.15, -0.1) is 12.4 Å². The van der Waals surface area contributed by atoms with Gasteiger partial charge >= 0.3 is 0 Å². The Labute approximate surface area is 152 Å². The van der Waals surface area contributed by atoms with Crippen molar-refractivity contribution >= 4 is 22.4 Å². The molecule has 1 aliphatic rings. The summed E-state index contributed by atoms with van der Waals surface area (Å²) in [5, 5.41) is 3.24. The average Bonchev–Trinajstić information content (AvgIpc) is 2.56. The Hall–Kier alpha value is -1.54. The molecule has 1 atom stereocenters. The van der Waals surface area contributed by atoms with Gasteiger partial charge in [0.05, 0.1) is 0 Å². The molecular weight excluding hydrogens is 370 g/mol. The highest BCUT2D eigenvalue weighted by Crippen LogP contribution is 2.23. The molecule has 0 fully saturated rings. The third kappa shape index (κ3) is 4.17. The standard InChI is InChI=1S/C17H18F2N2O2S.ClH/c1-11-8-15(19)17(9-14(11)18)24(22,23)21-10-16-13-5-3-2-4-12(13)6-7-20-16;/h2-5,8-9,16,20-21H,6-7,10H2,1H3;1H. The van der Waals surface area contributed by atoms with Gasteiger partial charge in [0.1, 0.15) is 16.5 Å². The van der Waals surface area contributed by atoms with Gasteiger partial charge in [0, 0.05) is 12.6 Å². The third-order valence-corrected chi connectivity index (χ3v) is 5.63. The Morgan fingerprint density at radius 1 is 1.20 bits per heavy atom. The van der Waals surface area contributed by atoms with Crippen LogP contribution in [-0.4, -0.2) is 21.5 Å². The summed E-state index contributed by atoms with van der Waals surface area (Å²) in [5.41, 5.74) is 2.24. The van der Waals surface area contributed by atoms with Crippen molar-refractivity contribution in [1.82, 2.24) is 10.0 Å². The van der Waals surface area contributed by atoms with Crippen LogP contribution in [0.5, 0.6) is 0 Å². The maximum Gasteiger partial charge on any atom is 0.243 e. The van der Waals surface area contributed by atoms with Crippen molar-refractivity contribution in [3.63, 3.8) is 0 Å². The lowest BCUT2D eigenvalue weighted by Gasteiger charge is -2.27. The summed E-state index contributed by atoms with van der Waals surface area (Å²) in [6.07, 6.45) is 0.872. The molecule has 0 radical (unpaired) electrons. The van der Waals surface area contributed by atoms with Crippen LogP contribution < -0.4 is 10.0 Å². The number of halogens is 3. The number of rotatable bonds is 4. The molecule has 0 aromatic heterocycles. The number of fused-ring (bicyclic) bond motifs is 1. The van der Waals surface area contributed by atoms with Gasteiger partial charge in [-0.25, -0.2) is 21.9 Å². The SMILES string of the molecule is Cc1cc(F)c(S(=O)(=O)NCC2NCCc3ccccc32)cc1F.Cl. The fourth-order valence-corrected chi connectivity index (χ4v) is 4.00. The van der Waals surface area contributed by atoms with E-state index < -0.39 is 26.6 Å². The molecule has 0 bridgehead atoms. The fraction of sp³-hybridized carbons (Fsp3) is 0.294. The number of hydrogen-bond donors (Lipinski definition) is 2. The van der Waals surface area contributed by atoms with Gasteiger partial charge in [0.2, 0.25) is 10.0 Å². The molecule has 8 heteroatoms. The zero-order valence-electron chi connectivity index (χ0n) is 13.6. The Kier molecular flexibility index (Phi) is 6.16. The van der Waals surface area contributed by atoms with Crippen molar-refractivity contribution < 1.29 is 17.2 Å². The highest BCUT2D eigenvalue weighted by molar-refractivity contribution is 7.89. The van der Waals surface area contributed by atoms with E-state index in [4.69, 9.17) is 0 Å². The lowest BCUT2D eigenvalue weighted by atomic mass is 9.95. The minimum atomic E-state index is -4.14. The monoisotopic (exact) mass is 388 g/mol. The van der Waals surface area contributed by atoms with Crippen molar-refractivity contribution in [3.05, 3.63) is 64.7 Å². The van der Waals surface area contributed by atoms with Crippen molar-refractivity contribution in [3.8, 4) is 0 Å². The van der Waals surface area contributed by atoms with Gasteiger partial charge in [-0.2, -0.15) is 0 Å². The quantitative estimate of drug-likeness (QED) is 0.846. The number of hydrogen-bond acceptors (Lipinski definition) is 3. The molecule has 2 N–H and O–H groups in total. The fourth-order valence-electron chi connectivity index (χ4n) is 2.88. The van der Waals surface area contributed by atoms with Crippen LogP contribution in [0.4, 0.5) is 8.78 Å². The predicted octanol–water partition coefficient (Wildman–Crippen LogP) is 2.86. The normalized spacial score (nSPS) is 16.8. The van der Waals surface area contributed by atoms with Crippen LogP contribution in [0.25, 0.3) is 0 Å². The zero-order chi connectivity index (χ0) is 17.3. The van der Waals surface area contributed by atoms with Crippen molar-refractivity contribution in [2.24, 2.45) is 0 Å². The van der Waals surface area contributed by atoms with Gasteiger partial charge < -0.3 is 5.32 Å². The van der Waals surface area contributed by atoms with E-state index in [1.165, 1.54) is 6.92 Å². The summed E-state index contributed by atoms with van der Waals surface area (Å²) < 4.78 is 54.6. The van der Waals surface area contributed by atoms with Gasteiger partial charge in [-0.05, 0) is 48.7 Å². The van der Waals surface area contributed by atoms with Gasteiger partial charge in [0.25, 0.3) is 0 Å². The van der Waals surface area contributed by atoms with Crippen LogP contribution >= 0.6 is 12.4 Å². The molecule has 25 heavy (non-hydrogen) atoms. The van der Waals surface area contributed by atoms with Crippen LogP contribution in [0.1, 0.15) is 22.7 Å². The largest absolute Gasteiger partial charge is 0.308 e. The first-order valence-electron chi connectivity index (χ1n) is 7.65. The Bertz CT molecular complexity index is 875. The predicted molar refractivity (Wildman–Crippen MR) is 94.4 cm³/mol. The summed E-state index contributed by atoms with van der Waals surface area (Å²) >= 11 is 0. The molecule has 0 aliphatic carbocycles. The Morgan fingerprint density at radius 3 is 2.68 bits per heavy atom. The topological polar surface area (TPSA) is 58.2 Å². The number of sulfonamides is 1. The van der Waals surface area contributed by atoms with E-state index >= 15 is 0 Å².